The number of methoxy groups -OCH3 is 1. The number of benzene rings is 1. The van der Waals surface area contributed by atoms with Crippen LogP contribution in [0.2, 0.25) is 0 Å². The van der Waals surface area contributed by atoms with Gasteiger partial charge in [-0.15, -0.1) is 0 Å². The highest BCUT2D eigenvalue weighted by Gasteiger charge is 2.64. The van der Waals surface area contributed by atoms with Gasteiger partial charge in [0.2, 0.25) is 0 Å². The molecular formula is C35H46O7. The molecular weight excluding hydrogens is 532 g/mol. The van der Waals surface area contributed by atoms with Gasteiger partial charge in [-0.2, -0.15) is 0 Å². The standard InChI is InChI=1S/C35H46O7/c1-20-8-7-9-23(16-20)33(39)42-29-18-24-17-25(41-22(3)36)12-14-34(24,4)26-13-15-35(5)27(19-28(37)32(35)31(26)29)21(2)10-11-30(38)40-6/h7-9,16,19,21,24-26,29,31-32H,10-15,17-18H2,1-6H3. The number of carbonyl (C=O) groups excluding carboxylic acids is 4. The van der Waals surface area contributed by atoms with Crippen molar-refractivity contribution in [2.75, 3.05) is 7.11 Å². The molecule has 4 aliphatic carbocycles. The second kappa shape index (κ2) is 11.6. The van der Waals surface area contributed by atoms with Crippen molar-refractivity contribution in [3.63, 3.8) is 0 Å². The Hall–Kier alpha value is -2.96. The van der Waals surface area contributed by atoms with E-state index in [-0.39, 0.29) is 70.2 Å². The summed E-state index contributed by atoms with van der Waals surface area (Å²) in [5.74, 6) is -0.594. The summed E-state index contributed by atoms with van der Waals surface area (Å²) in [5.41, 5.74) is 2.25. The Bertz CT molecular complexity index is 1280. The number of hydrogen-bond acceptors (Lipinski definition) is 7. The fourth-order valence-corrected chi connectivity index (χ4v) is 9.35. The molecule has 7 nitrogen and oxygen atoms in total. The molecule has 5 rings (SSSR count). The molecule has 7 heteroatoms. The number of allylic oxidation sites excluding steroid dienone is 2. The van der Waals surface area contributed by atoms with Crippen LogP contribution in [0, 0.1) is 47.3 Å². The molecule has 3 fully saturated rings. The van der Waals surface area contributed by atoms with Gasteiger partial charge in [0, 0.05) is 25.2 Å². The van der Waals surface area contributed by atoms with E-state index in [1.54, 1.807) is 6.07 Å². The first-order valence-corrected chi connectivity index (χ1v) is 15.6. The molecule has 1 aromatic carbocycles. The van der Waals surface area contributed by atoms with Crippen LogP contribution in [0.3, 0.4) is 0 Å². The molecule has 1 aromatic rings. The van der Waals surface area contributed by atoms with Gasteiger partial charge in [0.1, 0.15) is 12.2 Å². The quantitative estimate of drug-likeness (QED) is 0.273. The van der Waals surface area contributed by atoms with Gasteiger partial charge in [0.15, 0.2) is 5.78 Å². The lowest BCUT2D eigenvalue weighted by Gasteiger charge is -2.62. The van der Waals surface area contributed by atoms with Gasteiger partial charge >= 0.3 is 17.9 Å². The van der Waals surface area contributed by atoms with E-state index < -0.39 is 6.10 Å². The number of rotatable bonds is 7. The fourth-order valence-electron chi connectivity index (χ4n) is 9.35. The number of carbonyl (C=O) groups is 4. The van der Waals surface area contributed by atoms with Crippen LogP contribution < -0.4 is 0 Å². The molecule has 4 aliphatic rings. The van der Waals surface area contributed by atoms with Gasteiger partial charge in [0.05, 0.1) is 12.7 Å². The van der Waals surface area contributed by atoms with Crippen molar-refractivity contribution >= 4 is 23.7 Å². The first-order valence-electron chi connectivity index (χ1n) is 15.6. The van der Waals surface area contributed by atoms with Crippen LogP contribution in [0.5, 0.6) is 0 Å². The lowest BCUT2D eigenvalue weighted by Crippen LogP contribution is -2.60. The Balaban J connectivity index is 1.47. The first-order chi connectivity index (χ1) is 19.9. The molecule has 0 bridgehead atoms. The Morgan fingerprint density at radius 1 is 1.07 bits per heavy atom. The number of esters is 3. The Morgan fingerprint density at radius 3 is 2.52 bits per heavy atom. The summed E-state index contributed by atoms with van der Waals surface area (Å²) >= 11 is 0. The normalized spacial score (nSPS) is 36.0. The van der Waals surface area contributed by atoms with Gasteiger partial charge in [-0.25, -0.2) is 4.79 Å². The van der Waals surface area contributed by atoms with E-state index in [1.807, 2.05) is 31.2 Å². The summed E-state index contributed by atoms with van der Waals surface area (Å²) in [6.45, 7) is 10.1. The minimum atomic E-state index is -0.413. The van der Waals surface area contributed by atoms with E-state index in [2.05, 4.69) is 20.8 Å². The van der Waals surface area contributed by atoms with Gasteiger partial charge in [0.25, 0.3) is 0 Å². The molecule has 3 saturated carbocycles. The van der Waals surface area contributed by atoms with E-state index in [4.69, 9.17) is 14.2 Å². The van der Waals surface area contributed by atoms with Crippen molar-refractivity contribution in [2.45, 2.75) is 98.2 Å². The Labute approximate surface area is 249 Å². The van der Waals surface area contributed by atoms with Gasteiger partial charge in [-0.05, 0) is 98.7 Å². The van der Waals surface area contributed by atoms with Crippen LogP contribution in [0.1, 0.15) is 95.0 Å². The van der Waals surface area contributed by atoms with Gasteiger partial charge in [-0.1, -0.05) is 44.0 Å². The predicted octanol–water partition coefficient (Wildman–Crippen LogP) is 6.41. The number of hydrogen-bond donors (Lipinski definition) is 0. The lowest BCUT2D eigenvalue weighted by atomic mass is 9.43. The zero-order chi connectivity index (χ0) is 30.4. The van der Waals surface area contributed by atoms with Crippen molar-refractivity contribution < 1.29 is 33.4 Å². The van der Waals surface area contributed by atoms with Crippen LogP contribution in [0.25, 0.3) is 0 Å². The number of ketones is 1. The highest BCUT2D eigenvalue weighted by Crippen LogP contribution is 2.67. The summed E-state index contributed by atoms with van der Waals surface area (Å²) in [4.78, 5) is 51.2. The molecule has 0 amide bonds. The largest absolute Gasteiger partial charge is 0.469 e. The van der Waals surface area contributed by atoms with E-state index in [9.17, 15) is 19.2 Å². The summed E-state index contributed by atoms with van der Waals surface area (Å²) in [7, 11) is 1.40. The lowest BCUT2D eigenvalue weighted by molar-refractivity contribution is -0.180. The third-order valence-electron chi connectivity index (χ3n) is 11.4. The maximum atomic E-state index is 14.0. The molecule has 0 aromatic heterocycles. The average Bonchev–Trinajstić information content (AvgIpc) is 3.22. The minimum Gasteiger partial charge on any atom is -0.469 e. The van der Waals surface area contributed by atoms with E-state index >= 15 is 0 Å². The van der Waals surface area contributed by atoms with Crippen molar-refractivity contribution in [1.29, 1.82) is 0 Å². The van der Waals surface area contributed by atoms with Crippen molar-refractivity contribution in [3.8, 4) is 0 Å². The zero-order valence-electron chi connectivity index (χ0n) is 25.9. The molecule has 228 valence electrons. The van der Waals surface area contributed by atoms with Crippen LogP contribution in [0.15, 0.2) is 35.9 Å². The topological polar surface area (TPSA) is 96.0 Å². The van der Waals surface area contributed by atoms with Crippen LogP contribution in [-0.4, -0.2) is 43.0 Å². The third kappa shape index (κ3) is 5.44. The highest BCUT2D eigenvalue weighted by molar-refractivity contribution is 5.97. The SMILES string of the molecule is COC(=O)CCC(C)C1=CC(=O)C2C3C(OC(=O)c4cccc(C)c4)CC4CC(OC(C)=O)CCC4(C)C3CCC12C. The minimum absolute atomic E-state index is 0.0333. The van der Waals surface area contributed by atoms with Crippen LogP contribution in [0.4, 0.5) is 0 Å². The number of aryl methyl sites for hydroxylation is 1. The highest BCUT2D eigenvalue weighted by atomic mass is 16.5. The van der Waals surface area contributed by atoms with E-state index in [1.165, 1.54) is 14.0 Å². The van der Waals surface area contributed by atoms with Gasteiger partial charge in [-0.3, -0.25) is 14.4 Å². The maximum Gasteiger partial charge on any atom is 0.338 e. The fraction of sp³-hybridized carbons (Fsp3) is 0.657. The Morgan fingerprint density at radius 2 is 1.83 bits per heavy atom. The molecule has 0 saturated heterocycles. The molecule has 0 heterocycles. The number of fused-ring (bicyclic) bond motifs is 5. The summed E-state index contributed by atoms with van der Waals surface area (Å²) < 4.78 is 17.0. The van der Waals surface area contributed by atoms with Crippen molar-refractivity contribution in [2.24, 2.45) is 40.4 Å². The van der Waals surface area contributed by atoms with Crippen LogP contribution in [-0.2, 0) is 28.6 Å². The predicted molar refractivity (Wildman–Crippen MR) is 157 cm³/mol. The summed E-state index contributed by atoms with van der Waals surface area (Å²) in [6.07, 6.45) is 7.21. The maximum absolute atomic E-state index is 14.0. The molecule has 0 radical (unpaired) electrons. The smallest absolute Gasteiger partial charge is 0.338 e. The van der Waals surface area contributed by atoms with Crippen molar-refractivity contribution in [3.05, 3.63) is 47.0 Å². The molecule has 0 spiro atoms. The third-order valence-corrected chi connectivity index (χ3v) is 11.4. The summed E-state index contributed by atoms with van der Waals surface area (Å²) in [5, 5.41) is 0. The second-order valence-corrected chi connectivity index (χ2v) is 13.9. The molecule has 9 unspecified atom stereocenters. The first kappa shape index (κ1) is 30.5. The Kier molecular flexibility index (Phi) is 8.43. The van der Waals surface area contributed by atoms with Gasteiger partial charge < -0.3 is 14.2 Å². The zero-order valence-corrected chi connectivity index (χ0v) is 25.9. The van der Waals surface area contributed by atoms with Crippen molar-refractivity contribution in [1.82, 2.24) is 0 Å². The molecule has 9 atom stereocenters. The average molecular weight is 579 g/mol. The molecule has 42 heavy (non-hydrogen) atoms. The van der Waals surface area contributed by atoms with Crippen LogP contribution >= 0.6 is 0 Å². The molecule has 0 N–H and O–H groups in total. The van der Waals surface area contributed by atoms with E-state index in [0.717, 1.165) is 43.2 Å². The summed E-state index contributed by atoms with van der Waals surface area (Å²) in [6, 6.07) is 7.44. The molecule has 0 aliphatic heterocycles. The number of ether oxygens (including phenoxy) is 3. The monoisotopic (exact) mass is 578 g/mol. The van der Waals surface area contributed by atoms with E-state index in [0.29, 0.717) is 24.8 Å². The second-order valence-electron chi connectivity index (χ2n) is 13.9.